The highest BCUT2D eigenvalue weighted by molar-refractivity contribution is 7.99. The van der Waals surface area contributed by atoms with Crippen molar-refractivity contribution in [2.24, 2.45) is 7.05 Å². The Balaban J connectivity index is 1.53. The first kappa shape index (κ1) is 20.8. The summed E-state index contributed by atoms with van der Waals surface area (Å²) >= 11 is 7.29. The van der Waals surface area contributed by atoms with Crippen molar-refractivity contribution >= 4 is 40.9 Å². The predicted molar refractivity (Wildman–Crippen MR) is 113 cm³/mol. The maximum Gasteiger partial charge on any atom is 0.244 e. The van der Waals surface area contributed by atoms with Gasteiger partial charge < -0.3 is 14.8 Å². The van der Waals surface area contributed by atoms with Gasteiger partial charge >= 0.3 is 0 Å². The van der Waals surface area contributed by atoms with Crippen LogP contribution in [0.25, 0.3) is 11.4 Å². The van der Waals surface area contributed by atoms with E-state index in [0.29, 0.717) is 21.7 Å². The molecule has 0 spiro atoms. The number of hydrogen-bond acceptors (Lipinski definition) is 6. The van der Waals surface area contributed by atoms with Crippen LogP contribution < -0.4 is 5.32 Å². The average Bonchev–Trinajstić information content (AvgIpc) is 3.09. The smallest absolute Gasteiger partial charge is 0.244 e. The summed E-state index contributed by atoms with van der Waals surface area (Å²) in [5.74, 6) is 0.309. The Labute approximate surface area is 177 Å². The summed E-state index contributed by atoms with van der Waals surface area (Å²) in [7, 11) is 3.41. The highest BCUT2D eigenvalue weighted by Crippen LogP contribution is 2.22. The zero-order valence-electron chi connectivity index (χ0n) is 15.9. The van der Waals surface area contributed by atoms with Crippen LogP contribution in [0, 0.1) is 0 Å². The number of nitrogens with zero attached hydrogens (tertiary/aromatic N) is 5. The third kappa shape index (κ3) is 5.33. The number of pyridine rings is 1. The van der Waals surface area contributed by atoms with Gasteiger partial charge in [0.25, 0.3) is 0 Å². The van der Waals surface area contributed by atoms with Crippen molar-refractivity contribution < 1.29 is 9.59 Å². The molecule has 1 aromatic carbocycles. The van der Waals surface area contributed by atoms with Crippen molar-refractivity contribution in [3.8, 4) is 11.4 Å². The summed E-state index contributed by atoms with van der Waals surface area (Å²) in [6.45, 7) is -0.0777. The molecular formula is C19H19ClN6O2S. The molecule has 0 aliphatic heterocycles. The van der Waals surface area contributed by atoms with Gasteiger partial charge in [-0.1, -0.05) is 35.5 Å². The van der Waals surface area contributed by atoms with Crippen molar-refractivity contribution in [1.29, 1.82) is 0 Å². The van der Waals surface area contributed by atoms with E-state index in [1.807, 2.05) is 23.7 Å². The van der Waals surface area contributed by atoms with Gasteiger partial charge in [0.15, 0.2) is 11.0 Å². The number of benzene rings is 1. The van der Waals surface area contributed by atoms with Gasteiger partial charge in [-0.3, -0.25) is 14.6 Å². The zero-order chi connectivity index (χ0) is 20.8. The minimum absolute atomic E-state index is 0.0777. The molecule has 0 bridgehead atoms. The third-order valence-corrected chi connectivity index (χ3v) is 5.39. The first-order chi connectivity index (χ1) is 14.0. The van der Waals surface area contributed by atoms with E-state index >= 15 is 0 Å². The molecule has 0 aliphatic rings. The number of anilines is 1. The van der Waals surface area contributed by atoms with E-state index in [4.69, 9.17) is 11.6 Å². The second-order valence-electron chi connectivity index (χ2n) is 6.17. The van der Waals surface area contributed by atoms with E-state index in [-0.39, 0.29) is 24.1 Å². The first-order valence-electron chi connectivity index (χ1n) is 8.66. The lowest BCUT2D eigenvalue weighted by atomic mass is 10.2. The molecular weight excluding hydrogens is 412 g/mol. The number of aromatic nitrogens is 4. The van der Waals surface area contributed by atoms with Crippen LogP contribution in [0.1, 0.15) is 0 Å². The number of para-hydroxylation sites is 1. The number of thioether (sulfide) groups is 1. The van der Waals surface area contributed by atoms with Crippen molar-refractivity contribution in [2.45, 2.75) is 5.16 Å². The largest absolute Gasteiger partial charge is 0.336 e. The van der Waals surface area contributed by atoms with Gasteiger partial charge in [-0.25, -0.2) is 0 Å². The van der Waals surface area contributed by atoms with Crippen LogP contribution in [0.2, 0.25) is 5.02 Å². The highest BCUT2D eigenvalue weighted by Gasteiger charge is 2.17. The molecule has 0 aliphatic carbocycles. The van der Waals surface area contributed by atoms with E-state index in [1.165, 1.54) is 16.7 Å². The Kier molecular flexibility index (Phi) is 6.84. The summed E-state index contributed by atoms with van der Waals surface area (Å²) in [6.07, 6.45) is 3.37. The Morgan fingerprint density at radius 3 is 2.62 bits per heavy atom. The molecule has 2 aromatic heterocycles. The second-order valence-corrected chi connectivity index (χ2v) is 7.52. The number of nitrogens with one attached hydrogen (secondary N) is 1. The number of hydrogen-bond donors (Lipinski definition) is 1. The molecule has 3 rings (SSSR count). The van der Waals surface area contributed by atoms with E-state index in [2.05, 4.69) is 20.5 Å². The van der Waals surface area contributed by atoms with Crippen molar-refractivity contribution in [3.05, 3.63) is 53.8 Å². The van der Waals surface area contributed by atoms with E-state index in [1.54, 1.807) is 43.7 Å². The van der Waals surface area contributed by atoms with Crippen molar-refractivity contribution in [2.75, 3.05) is 24.7 Å². The molecule has 0 saturated carbocycles. The average molecular weight is 431 g/mol. The van der Waals surface area contributed by atoms with Gasteiger partial charge in [-0.15, -0.1) is 10.2 Å². The molecule has 0 unspecified atom stereocenters. The molecule has 0 saturated heterocycles. The van der Waals surface area contributed by atoms with E-state index in [0.717, 1.165) is 5.56 Å². The number of rotatable bonds is 7. The summed E-state index contributed by atoms with van der Waals surface area (Å²) in [4.78, 5) is 29.9. The minimum Gasteiger partial charge on any atom is -0.336 e. The van der Waals surface area contributed by atoms with Crippen LogP contribution in [-0.4, -0.2) is 55.8 Å². The zero-order valence-corrected chi connectivity index (χ0v) is 17.4. The molecule has 3 aromatic rings. The molecule has 150 valence electrons. The van der Waals surface area contributed by atoms with Gasteiger partial charge in [0.2, 0.25) is 11.8 Å². The fourth-order valence-corrected chi connectivity index (χ4v) is 3.52. The maximum atomic E-state index is 12.4. The number of carbonyl (C=O) groups excluding carboxylic acids is 2. The van der Waals surface area contributed by atoms with E-state index in [9.17, 15) is 9.59 Å². The fraction of sp³-hybridized carbons (Fsp3) is 0.211. The van der Waals surface area contributed by atoms with Gasteiger partial charge in [-0.05, 0) is 24.3 Å². The van der Waals surface area contributed by atoms with Gasteiger partial charge in [-0.2, -0.15) is 0 Å². The molecule has 0 radical (unpaired) electrons. The normalized spacial score (nSPS) is 10.6. The SMILES string of the molecule is CN(CC(=O)Nc1ccccc1Cl)C(=O)CSc1nnc(-c2ccncc2)n1C. The Bertz CT molecular complexity index is 1010. The summed E-state index contributed by atoms with van der Waals surface area (Å²) < 4.78 is 1.82. The lowest BCUT2D eigenvalue weighted by molar-refractivity contribution is -0.131. The topological polar surface area (TPSA) is 93.0 Å². The summed E-state index contributed by atoms with van der Waals surface area (Å²) in [5, 5.41) is 12.1. The van der Waals surface area contributed by atoms with Crippen molar-refractivity contribution in [1.82, 2.24) is 24.6 Å². The van der Waals surface area contributed by atoms with Gasteiger partial charge in [0, 0.05) is 32.1 Å². The van der Waals surface area contributed by atoms with Crippen LogP contribution >= 0.6 is 23.4 Å². The second kappa shape index (κ2) is 9.53. The van der Waals surface area contributed by atoms with Crippen LogP contribution in [-0.2, 0) is 16.6 Å². The minimum atomic E-state index is -0.322. The van der Waals surface area contributed by atoms with Crippen molar-refractivity contribution in [3.63, 3.8) is 0 Å². The van der Waals surface area contributed by atoms with Crippen LogP contribution in [0.3, 0.4) is 0 Å². The lowest BCUT2D eigenvalue weighted by Crippen LogP contribution is -2.36. The predicted octanol–water partition coefficient (Wildman–Crippen LogP) is 2.72. The van der Waals surface area contributed by atoms with Gasteiger partial charge in [0.1, 0.15) is 0 Å². The number of likely N-dealkylation sites (N-methyl/N-ethyl adjacent to an activating group) is 1. The lowest BCUT2D eigenvalue weighted by Gasteiger charge is -2.16. The molecule has 8 nitrogen and oxygen atoms in total. The van der Waals surface area contributed by atoms with Crippen LogP contribution in [0.5, 0.6) is 0 Å². The molecule has 0 atom stereocenters. The first-order valence-corrected chi connectivity index (χ1v) is 10.0. The standard InChI is InChI=1S/C19H19ClN6O2S/c1-25(11-16(27)22-15-6-4-3-5-14(15)20)17(28)12-29-19-24-23-18(26(19)2)13-7-9-21-10-8-13/h3-10H,11-12H2,1-2H3,(H,22,27). The molecule has 2 heterocycles. The summed E-state index contributed by atoms with van der Waals surface area (Å²) in [5.41, 5.74) is 1.40. The highest BCUT2D eigenvalue weighted by atomic mass is 35.5. The van der Waals surface area contributed by atoms with Crippen LogP contribution in [0.4, 0.5) is 5.69 Å². The quantitative estimate of drug-likeness (QED) is 0.579. The van der Waals surface area contributed by atoms with Crippen LogP contribution in [0.15, 0.2) is 53.9 Å². The maximum absolute atomic E-state index is 12.4. The molecule has 0 fully saturated rings. The number of halogens is 1. The van der Waals surface area contributed by atoms with Gasteiger partial charge in [0.05, 0.1) is 23.0 Å². The number of amides is 2. The molecule has 29 heavy (non-hydrogen) atoms. The monoisotopic (exact) mass is 430 g/mol. The van der Waals surface area contributed by atoms with E-state index < -0.39 is 0 Å². The third-order valence-electron chi connectivity index (χ3n) is 4.05. The molecule has 10 heteroatoms. The fourth-order valence-electron chi connectivity index (χ4n) is 2.49. The Morgan fingerprint density at radius 2 is 1.90 bits per heavy atom. The molecule has 1 N–H and O–H groups in total. The Morgan fingerprint density at radius 1 is 1.17 bits per heavy atom. The number of carbonyl (C=O) groups is 2. The Hall–Kier alpha value is -2.91. The summed E-state index contributed by atoms with van der Waals surface area (Å²) in [6, 6.07) is 10.6. The molecule has 2 amide bonds.